The molecule has 1 aliphatic rings. The molecule has 0 unspecified atom stereocenters. The molecule has 0 saturated carbocycles. The second-order valence-electron chi connectivity index (χ2n) is 10.2. The van der Waals surface area contributed by atoms with Gasteiger partial charge in [-0.3, -0.25) is 19.2 Å². The number of benzene rings is 4. The van der Waals surface area contributed by atoms with Crippen molar-refractivity contribution in [1.29, 1.82) is 0 Å². The van der Waals surface area contributed by atoms with Crippen LogP contribution in [0.2, 0.25) is 5.02 Å². The third-order valence-corrected chi connectivity index (χ3v) is 7.67. The number of ketones is 1. The first kappa shape index (κ1) is 28.0. The summed E-state index contributed by atoms with van der Waals surface area (Å²) in [5.74, 6) is -1.22. The van der Waals surface area contributed by atoms with Gasteiger partial charge in [0.1, 0.15) is 0 Å². The molecule has 3 amide bonds. The lowest BCUT2D eigenvalue weighted by atomic mass is 10.0. The maximum absolute atomic E-state index is 13.9. The van der Waals surface area contributed by atoms with E-state index in [0.29, 0.717) is 63.6 Å². The van der Waals surface area contributed by atoms with Crippen molar-refractivity contribution in [2.24, 2.45) is 0 Å². The Hall–Kier alpha value is -4.55. The Morgan fingerprint density at radius 3 is 1.93 bits per heavy atom. The molecule has 41 heavy (non-hydrogen) atoms. The van der Waals surface area contributed by atoms with Gasteiger partial charge in [-0.1, -0.05) is 48.0 Å². The number of halogens is 1. The predicted molar refractivity (Wildman–Crippen MR) is 161 cm³/mol. The van der Waals surface area contributed by atoms with Crippen LogP contribution in [0, 0.1) is 20.8 Å². The van der Waals surface area contributed by atoms with Crippen LogP contribution in [0.1, 0.15) is 71.0 Å². The molecule has 1 heterocycles. The summed E-state index contributed by atoms with van der Waals surface area (Å²) in [6.07, 6.45) is 0.851. The molecule has 0 spiro atoms. The fraction of sp³-hybridized carbons (Fsp3) is 0.176. The second kappa shape index (κ2) is 11.5. The van der Waals surface area contributed by atoms with Gasteiger partial charge in [0, 0.05) is 40.2 Å². The maximum atomic E-state index is 13.9. The first-order valence-electron chi connectivity index (χ1n) is 13.4. The van der Waals surface area contributed by atoms with Crippen molar-refractivity contribution in [1.82, 2.24) is 0 Å². The Bertz CT molecular complexity index is 1650. The monoisotopic (exact) mass is 564 g/mol. The van der Waals surface area contributed by atoms with Gasteiger partial charge in [-0.25, -0.2) is 4.90 Å². The topological polar surface area (TPSA) is 74.8 Å². The number of aryl methyl sites for hydroxylation is 3. The van der Waals surface area contributed by atoms with Crippen LogP contribution >= 0.6 is 11.6 Å². The average molecular weight is 565 g/mol. The van der Waals surface area contributed by atoms with Crippen molar-refractivity contribution in [3.63, 3.8) is 0 Å². The van der Waals surface area contributed by atoms with Crippen molar-refractivity contribution < 1.29 is 19.2 Å². The number of amides is 3. The van der Waals surface area contributed by atoms with Crippen LogP contribution in [-0.2, 0) is 0 Å². The van der Waals surface area contributed by atoms with Gasteiger partial charge in [-0.05, 0) is 92.4 Å². The first-order chi connectivity index (χ1) is 19.7. The van der Waals surface area contributed by atoms with E-state index in [1.807, 2.05) is 38.1 Å². The summed E-state index contributed by atoms with van der Waals surface area (Å²) in [5, 5.41) is 0.434. The number of carbonyl (C=O) groups excluding carboxylic acids is 4. The highest BCUT2D eigenvalue weighted by Crippen LogP contribution is 2.32. The van der Waals surface area contributed by atoms with Crippen LogP contribution in [0.5, 0.6) is 0 Å². The van der Waals surface area contributed by atoms with Crippen LogP contribution in [0.3, 0.4) is 0 Å². The van der Waals surface area contributed by atoms with E-state index in [1.54, 1.807) is 72.5 Å². The number of imide groups is 1. The summed E-state index contributed by atoms with van der Waals surface area (Å²) in [7, 11) is 0. The molecule has 0 N–H and O–H groups in total. The minimum atomic E-state index is -0.452. The predicted octanol–water partition coefficient (Wildman–Crippen LogP) is 7.38. The molecule has 6 nitrogen and oxygen atoms in total. The Morgan fingerprint density at radius 1 is 0.732 bits per heavy atom. The molecule has 5 rings (SSSR count). The third-order valence-electron chi connectivity index (χ3n) is 7.44. The van der Waals surface area contributed by atoms with Gasteiger partial charge in [-0.2, -0.15) is 0 Å². The highest BCUT2D eigenvalue weighted by atomic mass is 35.5. The molecular formula is C34H29ClN2O4. The Morgan fingerprint density at radius 2 is 1.34 bits per heavy atom. The molecule has 0 atom stereocenters. The lowest BCUT2D eigenvalue weighted by molar-refractivity contribution is 0.0895. The smallest absolute Gasteiger partial charge is 0.265 e. The first-order valence-corrected chi connectivity index (χ1v) is 13.8. The van der Waals surface area contributed by atoms with Gasteiger partial charge in [0.25, 0.3) is 17.7 Å². The lowest BCUT2D eigenvalue weighted by Crippen LogP contribution is -2.38. The number of rotatable bonds is 4. The summed E-state index contributed by atoms with van der Waals surface area (Å²) in [6.45, 7) is 5.81. The van der Waals surface area contributed by atoms with E-state index >= 15 is 0 Å². The number of anilines is 2. The van der Waals surface area contributed by atoms with E-state index in [0.717, 1.165) is 11.1 Å². The summed E-state index contributed by atoms with van der Waals surface area (Å²) in [6, 6.07) is 24.2. The Labute approximate surface area is 244 Å². The van der Waals surface area contributed by atoms with Crippen molar-refractivity contribution in [3.8, 4) is 0 Å². The molecule has 4 aromatic rings. The van der Waals surface area contributed by atoms with Crippen LogP contribution in [-0.4, -0.2) is 30.0 Å². The van der Waals surface area contributed by atoms with Crippen LogP contribution < -0.4 is 9.80 Å². The van der Waals surface area contributed by atoms with E-state index in [4.69, 9.17) is 11.6 Å². The van der Waals surface area contributed by atoms with E-state index in [1.165, 1.54) is 4.90 Å². The quantitative estimate of drug-likeness (QED) is 0.242. The van der Waals surface area contributed by atoms with Crippen LogP contribution in [0.25, 0.3) is 0 Å². The second-order valence-corrected chi connectivity index (χ2v) is 10.7. The zero-order chi connectivity index (χ0) is 29.3. The molecule has 0 bridgehead atoms. The molecule has 206 valence electrons. The van der Waals surface area contributed by atoms with Crippen molar-refractivity contribution >= 4 is 46.5 Å². The van der Waals surface area contributed by atoms with E-state index < -0.39 is 11.8 Å². The van der Waals surface area contributed by atoms with E-state index in [2.05, 4.69) is 0 Å². The molecule has 0 fully saturated rings. The van der Waals surface area contributed by atoms with Crippen LogP contribution in [0.4, 0.5) is 11.4 Å². The number of hydrogen-bond donors (Lipinski definition) is 0. The lowest BCUT2D eigenvalue weighted by Gasteiger charge is -2.26. The largest absolute Gasteiger partial charge is 0.308 e. The fourth-order valence-corrected chi connectivity index (χ4v) is 5.37. The minimum Gasteiger partial charge on any atom is -0.308 e. The summed E-state index contributed by atoms with van der Waals surface area (Å²) in [5.41, 5.74) is 4.64. The Balaban J connectivity index is 1.56. The molecule has 4 aromatic carbocycles. The normalized spacial score (nSPS) is 12.9. The van der Waals surface area contributed by atoms with Gasteiger partial charge < -0.3 is 4.90 Å². The molecule has 0 aliphatic carbocycles. The van der Waals surface area contributed by atoms with E-state index in [-0.39, 0.29) is 11.7 Å². The highest BCUT2D eigenvalue weighted by Gasteiger charge is 2.30. The van der Waals surface area contributed by atoms with Gasteiger partial charge in [0.2, 0.25) is 0 Å². The van der Waals surface area contributed by atoms with Gasteiger partial charge in [0.15, 0.2) is 5.78 Å². The van der Waals surface area contributed by atoms with Crippen LogP contribution in [0.15, 0.2) is 84.9 Å². The molecule has 7 heteroatoms. The minimum absolute atomic E-state index is 0.0510. The van der Waals surface area contributed by atoms with Gasteiger partial charge >= 0.3 is 0 Å². The molecule has 0 aromatic heterocycles. The molecular weight excluding hydrogens is 536 g/mol. The molecule has 0 saturated heterocycles. The zero-order valence-electron chi connectivity index (χ0n) is 23.1. The summed E-state index contributed by atoms with van der Waals surface area (Å²) >= 11 is 6.16. The number of hydrogen-bond acceptors (Lipinski definition) is 4. The maximum Gasteiger partial charge on any atom is 0.265 e. The van der Waals surface area contributed by atoms with Gasteiger partial charge in [0.05, 0.1) is 11.4 Å². The Kier molecular flexibility index (Phi) is 7.86. The number of fused-ring (bicyclic) bond motifs is 1. The molecule has 0 radical (unpaired) electrons. The van der Waals surface area contributed by atoms with Crippen molar-refractivity contribution in [2.45, 2.75) is 33.6 Å². The molecule has 1 aliphatic heterocycles. The number of Topliss-reactive ketones (excluding diaryl/α,β-unsaturated/α-hetero) is 1. The van der Waals surface area contributed by atoms with E-state index in [9.17, 15) is 19.2 Å². The zero-order valence-corrected chi connectivity index (χ0v) is 23.9. The van der Waals surface area contributed by atoms with Crippen molar-refractivity contribution in [3.05, 3.63) is 129 Å². The van der Waals surface area contributed by atoms with Gasteiger partial charge in [-0.15, -0.1) is 0 Å². The van der Waals surface area contributed by atoms with Crippen molar-refractivity contribution in [2.75, 3.05) is 16.3 Å². The SMILES string of the molecule is Cc1cc(N(C(=O)c2ccccc2C)C(=O)c2ccccc2C)ccc1C(=O)N1CCCC(=O)c2cc(Cl)ccc21. The standard InChI is InChI=1S/C34H29ClN2O4/c1-21-9-4-6-11-26(21)33(40)37(34(41)27-12-7-5-10-22(27)2)25-15-16-28(23(3)19-25)32(39)36-18-8-13-31(38)29-20-24(35)14-17-30(29)36/h4-7,9-12,14-17,19-20H,8,13,18H2,1-3H3. The summed E-state index contributed by atoms with van der Waals surface area (Å²) < 4.78 is 0. The number of nitrogens with zero attached hydrogens (tertiary/aromatic N) is 2. The number of carbonyl (C=O) groups is 4. The highest BCUT2D eigenvalue weighted by molar-refractivity contribution is 6.31. The average Bonchev–Trinajstić information content (AvgIpc) is 3.11. The fourth-order valence-electron chi connectivity index (χ4n) is 5.20. The third kappa shape index (κ3) is 5.43. The summed E-state index contributed by atoms with van der Waals surface area (Å²) in [4.78, 5) is 57.1.